The number of rotatable bonds is 3. The van der Waals surface area contributed by atoms with Crippen LogP contribution in [0.15, 0.2) is 11.4 Å². The van der Waals surface area contributed by atoms with Crippen molar-refractivity contribution in [3.05, 3.63) is 17.0 Å². The summed E-state index contributed by atoms with van der Waals surface area (Å²) in [7, 11) is 0. The first kappa shape index (κ1) is 12.5. The highest BCUT2D eigenvalue weighted by Crippen LogP contribution is 2.22. The van der Waals surface area contributed by atoms with Gasteiger partial charge in [-0.3, -0.25) is 19.7 Å². The third-order valence-corrected chi connectivity index (χ3v) is 3.33. The van der Waals surface area contributed by atoms with Crippen molar-refractivity contribution >= 4 is 34.1 Å². The lowest BCUT2D eigenvalue weighted by molar-refractivity contribution is -0.124. The van der Waals surface area contributed by atoms with Gasteiger partial charge in [0.15, 0.2) is 0 Å². The van der Waals surface area contributed by atoms with Gasteiger partial charge in [0.2, 0.25) is 11.8 Å². The number of thiophene rings is 1. The second kappa shape index (κ2) is 5.15. The van der Waals surface area contributed by atoms with Gasteiger partial charge in [0, 0.05) is 6.54 Å². The molecule has 1 aliphatic heterocycles. The van der Waals surface area contributed by atoms with Gasteiger partial charge < -0.3 is 16.4 Å². The standard InChI is InChI=1S/C10H12N4O3S/c11-8(16)5-1-2-18-10(5)14-9(17)6-3-13-7(15)4-12-6/h1-2,6,12H,3-4H2,(H2,11,16)(H,13,15)(H,14,17). The van der Waals surface area contributed by atoms with Crippen LogP contribution in [-0.2, 0) is 9.59 Å². The van der Waals surface area contributed by atoms with Gasteiger partial charge in [0.25, 0.3) is 5.91 Å². The Kier molecular flexibility index (Phi) is 3.58. The molecule has 1 unspecified atom stereocenters. The summed E-state index contributed by atoms with van der Waals surface area (Å²) < 4.78 is 0. The smallest absolute Gasteiger partial charge is 0.251 e. The van der Waals surface area contributed by atoms with Crippen molar-refractivity contribution < 1.29 is 14.4 Å². The third kappa shape index (κ3) is 2.66. The molecular formula is C10H12N4O3S. The summed E-state index contributed by atoms with van der Waals surface area (Å²) in [5.41, 5.74) is 5.46. The van der Waals surface area contributed by atoms with E-state index in [0.29, 0.717) is 5.00 Å². The molecule has 96 valence electrons. The highest BCUT2D eigenvalue weighted by atomic mass is 32.1. The average Bonchev–Trinajstić information content (AvgIpc) is 2.78. The molecule has 1 aliphatic rings. The predicted octanol–water partition coefficient (Wildman–Crippen LogP) is -1.13. The van der Waals surface area contributed by atoms with E-state index in [1.807, 2.05) is 0 Å². The van der Waals surface area contributed by atoms with Crippen LogP contribution < -0.4 is 21.7 Å². The van der Waals surface area contributed by atoms with E-state index in [4.69, 9.17) is 5.73 Å². The maximum Gasteiger partial charge on any atom is 0.251 e. The Balaban J connectivity index is 2.00. The summed E-state index contributed by atoms with van der Waals surface area (Å²) in [6.45, 7) is 0.327. The molecular weight excluding hydrogens is 256 g/mol. The van der Waals surface area contributed by atoms with Gasteiger partial charge in [-0.25, -0.2) is 0 Å². The first-order valence-electron chi connectivity index (χ1n) is 5.26. The number of nitrogens with two attached hydrogens (primary N) is 1. The number of amides is 3. The van der Waals surface area contributed by atoms with E-state index < -0.39 is 11.9 Å². The summed E-state index contributed by atoms with van der Waals surface area (Å²) in [5, 5.41) is 10.1. The van der Waals surface area contributed by atoms with E-state index in [0.717, 1.165) is 0 Å². The van der Waals surface area contributed by atoms with Crippen LogP contribution in [0.25, 0.3) is 0 Å². The maximum atomic E-state index is 11.9. The highest BCUT2D eigenvalue weighted by molar-refractivity contribution is 7.14. The largest absolute Gasteiger partial charge is 0.366 e. The average molecular weight is 268 g/mol. The molecule has 1 saturated heterocycles. The lowest BCUT2D eigenvalue weighted by atomic mass is 10.2. The highest BCUT2D eigenvalue weighted by Gasteiger charge is 2.24. The molecule has 7 nitrogen and oxygen atoms in total. The van der Waals surface area contributed by atoms with E-state index in [1.54, 1.807) is 11.4 Å². The molecule has 0 bridgehead atoms. The van der Waals surface area contributed by atoms with Crippen LogP contribution in [0.3, 0.4) is 0 Å². The number of carbonyl (C=O) groups excluding carboxylic acids is 3. The Hall–Kier alpha value is -1.93. The summed E-state index contributed by atoms with van der Waals surface area (Å²) in [4.78, 5) is 33.9. The minimum absolute atomic E-state index is 0.102. The van der Waals surface area contributed by atoms with Crippen molar-refractivity contribution in [2.75, 3.05) is 18.4 Å². The molecule has 0 aromatic carbocycles. The Morgan fingerprint density at radius 1 is 1.50 bits per heavy atom. The summed E-state index contributed by atoms with van der Waals surface area (Å²) in [6, 6.07) is 1.05. The van der Waals surface area contributed by atoms with Gasteiger partial charge >= 0.3 is 0 Å². The van der Waals surface area contributed by atoms with Gasteiger partial charge in [-0.1, -0.05) is 0 Å². The van der Waals surface area contributed by atoms with Gasteiger partial charge in [-0.05, 0) is 11.4 Å². The molecule has 1 aromatic rings. The fraction of sp³-hybridized carbons (Fsp3) is 0.300. The molecule has 2 heterocycles. The number of hydrogen-bond donors (Lipinski definition) is 4. The molecule has 5 N–H and O–H groups in total. The molecule has 2 rings (SSSR count). The van der Waals surface area contributed by atoms with E-state index in [1.165, 1.54) is 11.3 Å². The lowest BCUT2D eigenvalue weighted by Crippen LogP contribution is -2.56. The zero-order valence-corrected chi connectivity index (χ0v) is 10.2. The van der Waals surface area contributed by atoms with Crippen molar-refractivity contribution in [1.82, 2.24) is 10.6 Å². The summed E-state index contributed by atoms with van der Waals surface area (Å²) in [5.74, 6) is -1.04. The minimum Gasteiger partial charge on any atom is -0.366 e. The monoisotopic (exact) mass is 268 g/mol. The SMILES string of the molecule is NC(=O)c1ccsc1NC(=O)C1CNC(=O)CN1. The minimum atomic E-state index is -0.587. The van der Waals surface area contributed by atoms with Crippen molar-refractivity contribution in [3.63, 3.8) is 0 Å². The first-order valence-corrected chi connectivity index (χ1v) is 6.14. The Labute approximate surface area is 107 Å². The summed E-state index contributed by atoms with van der Waals surface area (Å²) in [6.07, 6.45) is 0. The molecule has 0 saturated carbocycles. The zero-order valence-electron chi connectivity index (χ0n) is 9.36. The van der Waals surface area contributed by atoms with E-state index in [-0.39, 0.29) is 30.5 Å². The van der Waals surface area contributed by atoms with E-state index >= 15 is 0 Å². The van der Waals surface area contributed by atoms with Crippen molar-refractivity contribution in [2.24, 2.45) is 5.73 Å². The number of hydrogen-bond acceptors (Lipinski definition) is 5. The third-order valence-electron chi connectivity index (χ3n) is 2.50. The molecule has 8 heteroatoms. The van der Waals surface area contributed by atoms with Crippen molar-refractivity contribution in [1.29, 1.82) is 0 Å². The Morgan fingerprint density at radius 2 is 2.28 bits per heavy atom. The molecule has 1 aromatic heterocycles. The summed E-state index contributed by atoms with van der Waals surface area (Å²) >= 11 is 1.22. The lowest BCUT2D eigenvalue weighted by Gasteiger charge is -2.22. The van der Waals surface area contributed by atoms with Crippen LogP contribution in [0.4, 0.5) is 5.00 Å². The van der Waals surface area contributed by atoms with E-state index in [2.05, 4.69) is 16.0 Å². The molecule has 0 spiro atoms. The topological polar surface area (TPSA) is 113 Å². The molecule has 0 aliphatic carbocycles. The fourth-order valence-electron chi connectivity index (χ4n) is 1.55. The normalized spacial score (nSPS) is 19.1. The Morgan fingerprint density at radius 3 is 2.89 bits per heavy atom. The Bertz CT molecular complexity index is 489. The fourth-order valence-corrected chi connectivity index (χ4v) is 2.35. The number of primary amides is 1. The van der Waals surface area contributed by atoms with Gasteiger partial charge in [0.1, 0.15) is 11.0 Å². The van der Waals surface area contributed by atoms with Crippen LogP contribution in [0.1, 0.15) is 10.4 Å². The molecule has 0 radical (unpaired) electrons. The predicted molar refractivity (Wildman–Crippen MR) is 66.3 cm³/mol. The van der Waals surface area contributed by atoms with Gasteiger partial charge in [-0.2, -0.15) is 0 Å². The number of anilines is 1. The second-order valence-electron chi connectivity index (χ2n) is 3.75. The van der Waals surface area contributed by atoms with Crippen LogP contribution in [-0.4, -0.2) is 36.9 Å². The van der Waals surface area contributed by atoms with Crippen LogP contribution in [0.2, 0.25) is 0 Å². The second-order valence-corrected chi connectivity index (χ2v) is 4.67. The molecule has 1 fully saturated rings. The first-order chi connectivity index (χ1) is 8.58. The van der Waals surface area contributed by atoms with Crippen LogP contribution >= 0.6 is 11.3 Å². The molecule has 3 amide bonds. The number of piperazine rings is 1. The quantitative estimate of drug-likeness (QED) is 0.555. The number of carbonyl (C=O) groups is 3. The van der Waals surface area contributed by atoms with Gasteiger partial charge in [0.05, 0.1) is 12.1 Å². The molecule has 18 heavy (non-hydrogen) atoms. The van der Waals surface area contributed by atoms with Crippen molar-refractivity contribution in [3.8, 4) is 0 Å². The maximum absolute atomic E-state index is 11.9. The molecule has 1 atom stereocenters. The van der Waals surface area contributed by atoms with Crippen LogP contribution in [0, 0.1) is 0 Å². The zero-order chi connectivity index (χ0) is 13.1. The van der Waals surface area contributed by atoms with Crippen LogP contribution in [0.5, 0.6) is 0 Å². The van der Waals surface area contributed by atoms with Gasteiger partial charge in [-0.15, -0.1) is 11.3 Å². The van der Waals surface area contributed by atoms with E-state index in [9.17, 15) is 14.4 Å². The van der Waals surface area contributed by atoms with Crippen molar-refractivity contribution in [2.45, 2.75) is 6.04 Å². The number of nitrogens with one attached hydrogen (secondary N) is 3.